The molecule has 0 fully saturated rings. The van der Waals surface area contributed by atoms with E-state index in [-0.39, 0.29) is 0 Å². The zero-order valence-corrected chi connectivity index (χ0v) is 15.7. The number of imidazole rings is 1. The SMILES string of the molecule is COc1ccc(-c2nc3cc(C)ccn3c2NC(=O)c2c(F)cccc2F)cc1. The Hall–Kier alpha value is -3.74. The minimum absolute atomic E-state index is 0.317. The Balaban J connectivity index is 1.84. The van der Waals surface area contributed by atoms with Crippen LogP contribution in [0.25, 0.3) is 16.9 Å². The van der Waals surface area contributed by atoms with Crippen molar-refractivity contribution in [1.82, 2.24) is 9.38 Å². The first-order valence-corrected chi connectivity index (χ1v) is 8.86. The maximum absolute atomic E-state index is 14.1. The van der Waals surface area contributed by atoms with Crippen molar-refractivity contribution in [2.24, 2.45) is 0 Å². The van der Waals surface area contributed by atoms with Gasteiger partial charge in [0.1, 0.15) is 40.1 Å². The summed E-state index contributed by atoms with van der Waals surface area (Å²) in [6, 6.07) is 14.1. The van der Waals surface area contributed by atoms with Gasteiger partial charge in [0.05, 0.1) is 7.11 Å². The normalized spacial score (nSPS) is 10.9. The van der Waals surface area contributed by atoms with Gasteiger partial charge in [0.2, 0.25) is 0 Å². The van der Waals surface area contributed by atoms with Gasteiger partial charge in [0.15, 0.2) is 0 Å². The average Bonchev–Trinajstić information content (AvgIpc) is 3.05. The zero-order valence-electron chi connectivity index (χ0n) is 15.7. The third-order valence-corrected chi connectivity index (χ3v) is 4.57. The molecular weight excluding hydrogens is 376 g/mol. The Labute approximate surface area is 165 Å². The summed E-state index contributed by atoms with van der Waals surface area (Å²) < 4.78 is 35.0. The van der Waals surface area contributed by atoms with Crippen LogP contribution in [0.5, 0.6) is 5.75 Å². The molecule has 7 heteroatoms. The van der Waals surface area contributed by atoms with E-state index in [9.17, 15) is 13.6 Å². The van der Waals surface area contributed by atoms with Crippen LogP contribution in [0.1, 0.15) is 15.9 Å². The van der Waals surface area contributed by atoms with Crippen molar-refractivity contribution in [3.63, 3.8) is 0 Å². The summed E-state index contributed by atoms with van der Waals surface area (Å²) in [6.07, 6.45) is 1.75. The standard InChI is InChI=1S/C22H17F2N3O2/c1-13-10-11-27-18(12-13)25-20(14-6-8-15(29-2)9-7-14)21(27)26-22(28)19-16(23)4-3-5-17(19)24/h3-12H,1-2H3,(H,26,28). The number of nitrogens with zero attached hydrogens (tertiary/aromatic N) is 2. The summed E-state index contributed by atoms with van der Waals surface area (Å²) in [5.74, 6) is -1.76. The molecule has 1 N–H and O–H groups in total. The molecule has 29 heavy (non-hydrogen) atoms. The summed E-state index contributed by atoms with van der Waals surface area (Å²) >= 11 is 0. The van der Waals surface area contributed by atoms with E-state index in [1.165, 1.54) is 6.07 Å². The number of ether oxygens (including phenoxy) is 1. The van der Waals surface area contributed by atoms with Gasteiger partial charge in [-0.15, -0.1) is 0 Å². The number of aryl methyl sites for hydroxylation is 1. The molecule has 5 nitrogen and oxygen atoms in total. The van der Waals surface area contributed by atoms with Gasteiger partial charge in [-0.2, -0.15) is 0 Å². The van der Waals surface area contributed by atoms with Crippen molar-refractivity contribution in [2.45, 2.75) is 6.92 Å². The molecule has 0 radical (unpaired) electrons. The summed E-state index contributed by atoms with van der Waals surface area (Å²) in [4.78, 5) is 17.3. The number of carbonyl (C=O) groups excluding carboxylic acids is 1. The monoisotopic (exact) mass is 393 g/mol. The molecule has 0 aliphatic carbocycles. The van der Waals surface area contributed by atoms with Gasteiger partial charge < -0.3 is 10.1 Å². The van der Waals surface area contributed by atoms with Crippen LogP contribution in [-0.2, 0) is 0 Å². The first kappa shape index (κ1) is 18.6. The number of hydrogen-bond acceptors (Lipinski definition) is 3. The Bertz CT molecular complexity index is 1200. The number of fused-ring (bicyclic) bond motifs is 1. The Morgan fingerprint density at radius 3 is 2.41 bits per heavy atom. The average molecular weight is 393 g/mol. The van der Waals surface area contributed by atoms with Crippen LogP contribution < -0.4 is 10.1 Å². The molecule has 0 aliphatic heterocycles. The molecule has 4 rings (SSSR count). The molecule has 0 bridgehead atoms. The van der Waals surface area contributed by atoms with Crippen LogP contribution >= 0.6 is 0 Å². The van der Waals surface area contributed by atoms with Gasteiger partial charge in [-0.1, -0.05) is 6.07 Å². The molecule has 0 aliphatic rings. The second kappa shape index (κ2) is 7.35. The number of hydrogen-bond donors (Lipinski definition) is 1. The molecule has 146 valence electrons. The van der Waals surface area contributed by atoms with Crippen LogP contribution in [0.2, 0.25) is 0 Å². The Kier molecular flexibility index (Phi) is 4.72. The van der Waals surface area contributed by atoms with E-state index >= 15 is 0 Å². The molecule has 0 atom stereocenters. The van der Waals surface area contributed by atoms with E-state index in [1.54, 1.807) is 42.0 Å². The topological polar surface area (TPSA) is 55.6 Å². The second-order valence-electron chi connectivity index (χ2n) is 6.52. The second-order valence-corrected chi connectivity index (χ2v) is 6.52. The fraction of sp³-hybridized carbons (Fsp3) is 0.0909. The number of halogens is 2. The van der Waals surface area contributed by atoms with Crippen LogP contribution in [-0.4, -0.2) is 22.4 Å². The molecule has 0 unspecified atom stereocenters. The van der Waals surface area contributed by atoms with E-state index in [1.807, 2.05) is 19.1 Å². The van der Waals surface area contributed by atoms with Crippen molar-refractivity contribution < 1.29 is 18.3 Å². The van der Waals surface area contributed by atoms with Crippen LogP contribution in [0.15, 0.2) is 60.8 Å². The number of rotatable bonds is 4. The Morgan fingerprint density at radius 2 is 1.76 bits per heavy atom. The molecule has 2 aromatic heterocycles. The number of anilines is 1. The molecular formula is C22H17F2N3O2. The van der Waals surface area contributed by atoms with Crippen LogP contribution in [0.3, 0.4) is 0 Å². The van der Waals surface area contributed by atoms with Crippen molar-refractivity contribution in [2.75, 3.05) is 12.4 Å². The molecule has 2 heterocycles. The predicted octanol–water partition coefficient (Wildman–Crippen LogP) is 4.85. The minimum atomic E-state index is -0.932. The Morgan fingerprint density at radius 1 is 1.07 bits per heavy atom. The molecule has 0 spiro atoms. The fourth-order valence-electron chi connectivity index (χ4n) is 3.10. The predicted molar refractivity (Wildman–Crippen MR) is 106 cm³/mol. The van der Waals surface area contributed by atoms with Gasteiger partial charge >= 0.3 is 0 Å². The van der Waals surface area contributed by atoms with E-state index in [4.69, 9.17) is 4.74 Å². The maximum Gasteiger partial charge on any atom is 0.262 e. The van der Waals surface area contributed by atoms with Crippen LogP contribution in [0, 0.1) is 18.6 Å². The lowest BCUT2D eigenvalue weighted by Crippen LogP contribution is -2.17. The minimum Gasteiger partial charge on any atom is -0.497 e. The highest BCUT2D eigenvalue weighted by molar-refractivity contribution is 6.06. The number of carbonyl (C=O) groups is 1. The zero-order chi connectivity index (χ0) is 20.5. The number of amides is 1. The van der Waals surface area contributed by atoms with Gasteiger partial charge in [0.25, 0.3) is 5.91 Å². The molecule has 0 saturated carbocycles. The highest BCUT2D eigenvalue weighted by atomic mass is 19.1. The maximum atomic E-state index is 14.1. The van der Waals surface area contributed by atoms with Crippen molar-refractivity contribution in [3.05, 3.63) is 83.6 Å². The third-order valence-electron chi connectivity index (χ3n) is 4.57. The lowest BCUT2D eigenvalue weighted by molar-refractivity contribution is 0.101. The fourth-order valence-corrected chi connectivity index (χ4v) is 3.10. The molecule has 1 amide bonds. The molecule has 4 aromatic rings. The number of nitrogens with one attached hydrogen (secondary N) is 1. The first-order chi connectivity index (χ1) is 14.0. The van der Waals surface area contributed by atoms with Gasteiger partial charge in [-0.05, 0) is 61.0 Å². The van der Waals surface area contributed by atoms with Crippen molar-refractivity contribution in [1.29, 1.82) is 0 Å². The lowest BCUT2D eigenvalue weighted by Gasteiger charge is -2.10. The number of aromatic nitrogens is 2. The first-order valence-electron chi connectivity index (χ1n) is 8.86. The van der Waals surface area contributed by atoms with Crippen molar-refractivity contribution in [3.8, 4) is 17.0 Å². The summed E-state index contributed by atoms with van der Waals surface area (Å²) in [6.45, 7) is 1.93. The highest BCUT2D eigenvalue weighted by Crippen LogP contribution is 2.31. The van der Waals surface area contributed by atoms with Crippen LogP contribution in [0.4, 0.5) is 14.6 Å². The van der Waals surface area contributed by atoms with E-state index in [0.717, 1.165) is 23.3 Å². The quantitative estimate of drug-likeness (QED) is 0.539. The van der Waals surface area contributed by atoms with Crippen molar-refractivity contribution >= 4 is 17.4 Å². The smallest absolute Gasteiger partial charge is 0.262 e. The molecule has 0 saturated heterocycles. The van der Waals surface area contributed by atoms with E-state index in [0.29, 0.717) is 22.9 Å². The number of pyridine rings is 1. The highest BCUT2D eigenvalue weighted by Gasteiger charge is 2.22. The van der Waals surface area contributed by atoms with Gasteiger partial charge in [0, 0.05) is 11.8 Å². The molecule has 2 aromatic carbocycles. The van der Waals surface area contributed by atoms with E-state index in [2.05, 4.69) is 10.3 Å². The number of methoxy groups -OCH3 is 1. The van der Waals surface area contributed by atoms with E-state index < -0.39 is 23.1 Å². The number of benzene rings is 2. The lowest BCUT2D eigenvalue weighted by atomic mass is 10.1. The van der Waals surface area contributed by atoms with Gasteiger partial charge in [-0.25, -0.2) is 13.8 Å². The van der Waals surface area contributed by atoms with Gasteiger partial charge in [-0.3, -0.25) is 9.20 Å². The summed E-state index contributed by atoms with van der Waals surface area (Å²) in [7, 11) is 1.57. The third kappa shape index (κ3) is 3.42. The summed E-state index contributed by atoms with van der Waals surface area (Å²) in [5.41, 5.74) is 2.14. The largest absolute Gasteiger partial charge is 0.497 e. The summed E-state index contributed by atoms with van der Waals surface area (Å²) in [5, 5.41) is 2.63.